The third-order valence-electron chi connectivity index (χ3n) is 7.96. The summed E-state index contributed by atoms with van der Waals surface area (Å²) in [6.07, 6.45) is 18.3. The van der Waals surface area contributed by atoms with Crippen LogP contribution in [0.4, 0.5) is 0 Å². The van der Waals surface area contributed by atoms with E-state index in [9.17, 15) is 4.79 Å². The predicted molar refractivity (Wildman–Crippen MR) is 179 cm³/mol. The van der Waals surface area contributed by atoms with Crippen molar-refractivity contribution >= 4 is 5.97 Å². The number of ether oxygens (including phenoxy) is 3. The van der Waals surface area contributed by atoms with E-state index in [4.69, 9.17) is 14.2 Å². The van der Waals surface area contributed by atoms with Gasteiger partial charge in [0.1, 0.15) is 0 Å². The molecule has 1 unspecified atom stereocenters. The first-order chi connectivity index (χ1) is 21.1. The first-order valence-corrected chi connectivity index (χ1v) is 16.9. The first kappa shape index (κ1) is 34.4. The molecule has 0 heterocycles. The van der Waals surface area contributed by atoms with Gasteiger partial charge in [0.05, 0.1) is 18.3 Å². The van der Waals surface area contributed by atoms with E-state index in [1.165, 1.54) is 77.0 Å². The van der Waals surface area contributed by atoms with E-state index < -0.39 is 0 Å². The highest BCUT2D eigenvalue weighted by Gasteiger charge is 2.13. The molecule has 0 amide bonds. The van der Waals surface area contributed by atoms with Gasteiger partial charge < -0.3 is 14.2 Å². The summed E-state index contributed by atoms with van der Waals surface area (Å²) in [6.45, 7) is 7.86. The molecule has 3 rings (SSSR count). The van der Waals surface area contributed by atoms with E-state index in [0.29, 0.717) is 23.7 Å². The number of hydrogen-bond donors (Lipinski definition) is 0. The summed E-state index contributed by atoms with van der Waals surface area (Å²) in [5, 5.41) is 0. The quantitative estimate of drug-likeness (QED) is 0.0667. The van der Waals surface area contributed by atoms with Crippen LogP contribution in [0.1, 0.15) is 133 Å². The Hall–Kier alpha value is -3.11. The highest BCUT2D eigenvalue weighted by atomic mass is 16.6. The van der Waals surface area contributed by atoms with Gasteiger partial charge in [-0.15, -0.1) is 0 Å². The molecule has 0 aliphatic heterocycles. The van der Waals surface area contributed by atoms with E-state index in [0.717, 1.165) is 36.1 Å². The van der Waals surface area contributed by atoms with Crippen LogP contribution in [-0.4, -0.2) is 19.2 Å². The fourth-order valence-electron chi connectivity index (χ4n) is 5.25. The largest absolute Gasteiger partial charge is 0.490 e. The lowest BCUT2D eigenvalue weighted by Crippen LogP contribution is -2.10. The van der Waals surface area contributed by atoms with Gasteiger partial charge in [-0.05, 0) is 60.7 Å². The molecule has 0 aliphatic carbocycles. The van der Waals surface area contributed by atoms with Crippen LogP contribution in [-0.2, 0) is 4.74 Å². The highest BCUT2D eigenvalue weighted by molar-refractivity contribution is 5.92. The Morgan fingerprint density at radius 1 is 0.581 bits per heavy atom. The fourth-order valence-corrected chi connectivity index (χ4v) is 5.25. The lowest BCUT2D eigenvalue weighted by Gasteiger charge is -2.13. The monoisotopic (exact) mass is 586 g/mol. The van der Waals surface area contributed by atoms with Gasteiger partial charge in [-0.3, -0.25) is 0 Å². The van der Waals surface area contributed by atoms with Crippen molar-refractivity contribution in [3.05, 3.63) is 83.9 Å². The molecule has 43 heavy (non-hydrogen) atoms. The van der Waals surface area contributed by atoms with Crippen molar-refractivity contribution in [3.8, 4) is 22.6 Å². The summed E-state index contributed by atoms with van der Waals surface area (Å²) >= 11 is 0. The number of para-hydroxylation sites is 2. The molecule has 0 radical (unpaired) electrons. The molecule has 0 saturated carbocycles. The van der Waals surface area contributed by atoms with Crippen molar-refractivity contribution in [2.75, 3.05) is 13.2 Å². The van der Waals surface area contributed by atoms with E-state index in [1.54, 1.807) is 6.07 Å². The minimum Gasteiger partial charge on any atom is -0.490 e. The van der Waals surface area contributed by atoms with Crippen molar-refractivity contribution in [3.63, 3.8) is 0 Å². The number of benzene rings is 3. The summed E-state index contributed by atoms with van der Waals surface area (Å²) in [4.78, 5) is 12.9. The Balaban J connectivity index is 1.36. The van der Waals surface area contributed by atoms with Gasteiger partial charge >= 0.3 is 5.97 Å². The second-order valence-corrected chi connectivity index (χ2v) is 11.6. The normalized spacial score (nSPS) is 11.8. The zero-order chi connectivity index (χ0) is 30.5. The molecule has 234 valence electrons. The van der Waals surface area contributed by atoms with Crippen LogP contribution in [0.2, 0.25) is 0 Å². The van der Waals surface area contributed by atoms with Crippen LogP contribution in [0.15, 0.2) is 72.8 Å². The zero-order valence-electron chi connectivity index (χ0n) is 27.0. The maximum absolute atomic E-state index is 12.9. The minimum atomic E-state index is -0.388. The highest BCUT2D eigenvalue weighted by Crippen LogP contribution is 2.29. The third kappa shape index (κ3) is 13.0. The molecular weight excluding hydrogens is 532 g/mol. The summed E-state index contributed by atoms with van der Waals surface area (Å²) in [5.74, 6) is 0.686. The van der Waals surface area contributed by atoms with Crippen LogP contribution >= 0.6 is 0 Å². The summed E-state index contributed by atoms with van der Waals surface area (Å²) in [6, 6.07) is 23.4. The second kappa shape index (κ2) is 20.7. The average molecular weight is 587 g/mol. The molecular formula is C39H54O4. The molecule has 0 aromatic heterocycles. The predicted octanol–water partition coefficient (Wildman–Crippen LogP) is 11.5. The molecule has 0 aliphatic rings. The standard InChI is InChI=1S/C39H54O4/c1-4-6-7-8-9-10-11-12-13-14-15-16-19-31-42-37-20-17-18-21-38(37)43-39(40)36-28-26-35(27-29-36)34-24-22-33(23-25-34)32(3)41-30-5-2/h17-18,20-29,32H,4-16,19,30-31H2,1-3H3. The van der Waals surface area contributed by atoms with Crippen molar-refractivity contribution in [1.29, 1.82) is 0 Å². The summed E-state index contributed by atoms with van der Waals surface area (Å²) in [7, 11) is 0. The summed E-state index contributed by atoms with van der Waals surface area (Å²) in [5.41, 5.74) is 3.81. The lowest BCUT2D eigenvalue weighted by atomic mass is 10.0. The number of esters is 1. The molecule has 0 spiro atoms. The van der Waals surface area contributed by atoms with Crippen molar-refractivity contribution in [1.82, 2.24) is 0 Å². The van der Waals surface area contributed by atoms with E-state index in [2.05, 4.69) is 45.0 Å². The van der Waals surface area contributed by atoms with Gasteiger partial charge in [0, 0.05) is 6.61 Å². The van der Waals surface area contributed by atoms with E-state index >= 15 is 0 Å². The van der Waals surface area contributed by atoms with Crippen molar-refractivity contribution in [2.24, 2.45) is 0 Å². The Bertz CT molecular complexity index is 1150. The van der Waals surface area contributed by atoms with Gasteiger partial charge in [-0.1, -0.05) is 139 Å². The molecule has 4 nitrogen and oxygen atoms in total. The SMILES string of the molecule is CCCCCCCCCCCCCCCOc1ccccc1OC(=O)c1ccc(-c2ccc(C(C)OCCC)cc2)cc1. The Morgan fingerprint density at radius 3 is 1.65 bits per heavy atom. The summed E-state index contributed by atoms with van der Waals surface area (Å²) < 4.78 is 17.6. The van der Waals surface area contributed by atoms with Crippen LogP contribution < -0.4 is 9.47 Å². The average Bonchev–Trinajstić information content (AvgIpc) is 3.04. The number of hydrogen-bond acceptors (Lipinski definition) is 4. The van der Waals surface area contributed by atoms with Crippen molar-refractivity contribution < 1.29 is 19.0 Å². The number of unbranched alkanes of at least 4 members (excludes halogenated alkanes) is 12. The minimum absolute atomic E-state index is 0.0763. The fraction of sp³-hybridized carbons (Fsp3) is 0.513. The van der Waals surface area contributed by atoms with E-state index in [-0.39, 0.29) is 12.1 Å². The topological polar surface area (TPSA) is 44.8 Å². The van der Waals surface area contributed by atoms with Crippen LogP contribution in [0.3, 0.4) is 0 Å². The molecule has 3 aromatic rings. The molecule has 0 saturated heterocycles. The number of rotatable bonds is 22. The molecule has 0 fully saturated rings. The third-order valence-corrected chi connectivity index (χ3v) is 7.96. The second-order valence-electron chi connectivity index (χ2n) is 11.6. The van der Waals surface area contributed by atoms with Gasteiger partial charge in [-0.2, -0.15) is 0 Å². The Kier molecular flexibility index (Phi) is 16.6. The maximum Gasteiger partial charge on any atom is 0.343 e. The smallest absolute Gasteiger partial charge is 0.343 e. The Labute approximate surface area is 261 Å². The van der Waals surface area contributed by atoms with Crippen molar-refractivity contribution in [2.45, 2.75) is 117 Å². The lowest BCUT2D eigenvalue weighted by molar-refractivity contribution is 0.0662. The number of carbonyl (C=O) groups is 1. The molecule has 0 N–H and O–H groups in total. The van der Waals surface area contributed by atoms with E-state index in [1.807, 2.05) is 42.5 Å². The van der Waals surface area contributed by atoms with Crippen LogP contribution in [0, 0.1) is 0 Å². The van der Waals surface area contributed by atoms with Gasteiger partial charge in [0.25, 0.3) is 0 Å². The maximum atomic E-state index is 12.9. The number of carbonyl (C=O) groups excluding carboxylic acids is 1. The van der Waals surface area contributed by atoms with Crippen LogP contribution in [0.25, 0.3) is 11.1 Å². The first-order valence-electron chi connectivity index (χ1n) is 16.9. The Morgan fingerprint density at radius 2 is 1.09 bits per heavy atom. The molecule has 4 heteroatoms. The van der Waals surface area contributed by atoms with Gasteiger partial charge in [-0.25, -0.2) is 4.79 Å². The van der Waals surface area contributed by atoms with Crippen LogP contribution in [0.5, 0.6) is 11.5 Å². The zero-order valence-corrected chi connectivity index (χ0v) is 27.0. The molecule has 0 bridgehead atoms. The molecule has 1 atom stereocenters. The van der Waals surface area contributed by atoms with Gasteiger partial charge in [0.15, 0.2) is 11.5 Å². The van der Waals surface area contributed by atoms with Gasteiger partial charge in [0.2, 0.25) is 0 Å². The molecule has 3 aromatic carbocycles.